The molecular weight excluding hydrogens is 198 g/mol. The van der Waals surface area contributed by atoms with Crippen LogP contribution in [0.25, 0.3) is 0 Å². The molecule has 0 aromatic heterocycles. The van der Waals surface area contributed by atoms with Crippen LogP contribution in [0.15, 0.2) is 18.2 Å². The molecule has 1 saturated heterocycles. The van der Waals surface area contributed by atoms with Crippen LogP contribution in [0.3, 0.4) is 0 Å². The lowest BCUT2D eigenvalue weighted by Crippen LogP contribution is -2.21. The van der Waals surface area contributed by atoms with Crippen LogP contribution in [-0.4, -0.2) is 17.8 Å². The number of halogens is 1. The van der Waals surface area contributed by atoms with E-state index in [4.69, 9.17) is 11.6 Å². The van der Waals surface area contributed by atoms with Crippen molar-refractivity contribution >= 4 is 11.6 Å². The molecule has 14 heavy (non-hydrogen) atoms. The fraction of sp³-hybridized carbons (Fsp3) is 0.455. The molecule has 2 nitrogen and oxygen atoms in total. The van der Waals surface area contributed by atoms with Crippen molar-refractivity contribution in [3.05, 3.63) is 34.3 Å². The third-order valence-corrected chi connectivity index (χ3v) is 3.26. The van der Waals surface area contributed by atoms with Gasteiger partial charge in [-0.15, -0.1) is 0 Å². The van der Waals surface area contributed by atoms with Crippen molar-refractivity contribution in [2.75, 3.05) is 6.54 Å². The normalized spacial score (nSPS) is 26.8. The SMILES string of the molecule is Cc1cccc([C@H]2NCC[C@H]2O)c1Cl. The average molecular weight is 212 g/mol. The Bertz CT molecular complexity index is 340. The van der Waals surface area contributed by atoms with Crippen molar-refractivity contribution < 1.29 is 5.11 Å². The highest BCUT2D eigenvalue weighted by Crippen LogP contribution is 2.31. The number of aryl methyl sites for hydroxylation is 1. The van der Waals surface area contributed by atoms with Gasteiger partial charge in [0, 0.05) is 5.02 Å². The van der Waals surface area contributed by atoms with Crippen LogP contribution < -0.4 is 5.32 Å². The van der Waals surface area contributed by atoms with Gasteiger partial charge in [-0.05, 0) is 31.0 Å². The molecule has 0 aliphatic carbocycles. The van der Waals surface area contributed by atoms with Crippen LogP contribution in [0.4, 0.5) is 0 Å². The minimum Gasteiger partial charge on any atom is -0.391 e. The monoisotopic (exact) mass is 211 g/mol. The molecule has 0 spiro atoms. The second kappa shape index (κ2) is 3.89. The van der Waals surface area contributed by atoms with Gasteiger partial charge in [-0.2, -0.15) is 0 Å². The summed E-state index contributed by atoms with van der Waals surface area (Å²) >= 11 is 6.19. The molecule has 0 unspecified atom stereocenters. The lowest BCUT2D eigenvalue weighted by atomic mass is 10.0. The molecule has 0 saturated carbocycles. The van der Waals surface area contributed by atoms with Crippen LogP contribution in [0.5, 0.6) is 0 Å². The van der Waals surface area contributed by atoms with E-state index < -0.39 is 0 Å². The number of aliphatic hydroxyl groups excluding tert-OH is 1. The first-order chi connectivity index (χ1) is 6.70. The first kappa shape index (κ1) is 9.97. The summed E-state index contributed by atoms with van der Waals surface area (Å²) < 4.78 is 0. The van der Waals surface area contributed by atoms with Crippen molar-refractivity contribution in [1.29, 1.82) is 0 Å². The summed E-state index contributed by atoms with van der Waals surface area (Å²) in [6, 6.07) is 5.93. The summed E-state index contributed by atoms with van der Waals surface area (Å²) in [5.41, 5.74) is 2.07. The fourth-order valence-electron chi connectivity index (χ4n) is 1.92. The van der Waals surface area contributed by atoms with Gasteiger partial charge < -0.3 is 10.4 Å². The molecule has 1 heterocycles. The number of rotatable bonds is 1. The molecule has 3 heteroatoms. The second-order valence-corrected chi connectivity index (χ2v) is 4.14. The molecule has 1 aliphatic heterocycles. The smallest absolute Gasteiger partial charge is 0.0747 e. The summed E-state index contributed by atoms with van der Waals surface area (Å²) in [7, 11) is 0. The zero-order valence-corrected chi connectivity index (χ0v) is 8.88. The van der Waals surface area contributed by atoms with E-state index in [0.717, 1.165) is 29.1 Å². The van der Waals surface area contributed by atoms with Gasteiger partial charge >= 0.3 is 0 Å². The van der Waals surface area contributed by atoms with Gasteiger partial charge in [-0.1, -0.05) is 29.8 Å². The first-order valence-corrected chi connectivity index (χ1v) is 5.24. The highest BCUT2D eigenvalue weighted by molar-refractivity contribution is 6.32. The van der Waals surface area contributed by atoms with Crippen LogP contribution in [0.2, 0.25) is 5.02 Å². The van der Waals surface area contributed by atoms with Crippen molar-refractivity contribution in [3.63, 3.8) is 0 Å². The summed E-state index contributed by atoms with van der Waals surface area (Å²) in [6.45, 7) is 2.84. The van der Waals surface area contributed by atoms with Gasteiger partial charge in [-0.3, -0.25) is 0 Å². The van der Waals surface area contributed by atoms with Gasteiger partial charge in [0.25, 0.3) is 0 Å². The van der Waals surface area contributed by atoms with Gasteiger partial charge in [0.1, 0.15) is 0 Å². The number of aliphatic hydroxyl groups is 1. The maximum absolute atomic E-state index is 9.74. The Morgan fingerprint density at radius 3 is 2.93 bits per heavy atom. The van der Waals surface area contributed by atoms with Crippen LogP contribution in [0, 0.1) is 6.92 Å². The Morgan fingerprint density at radius 2 is 2.29 bits per heavy atom. The van der Waals surface area contributed by atoms with E-state index in [1.807, 2.05) is 25.1 Å². The molecule has 76 valence electrons. The van der Waals surface area contributed by atoms with Crippen molar-refractivity contribution in [2.45, 2.75) is 25.5 Å². The van der Waals surface area contributed by atoms with E-state index in [0.29, 0.717) is 0 Å². The lowest BCUT2D eigenvalue weighted by molar-refractivity contribution is 0.160. The van der Waals surface area contributed by atoms with Crippen LogP contribution in [-0.2, 0) is 0 Å². The largest absolute Gasteiger partial charge is 0.391 e. The highest BCUT2D eigenvalue weighted by atomic mass is 35.5. The topological polar surface area (TPSA) is 32.3 Å². The molecule has 0 radical (unpaired) electrons. The van der Waals surface area contributed by atoms with Gasteiger partial charge in [0.05, 0.1) is 12.1 Å². The quantitative estimate of drug-likeness (QED) is 0.745. The lowest BCUT2D eigenvalue weighted by Gasteiger charge is -2.17. The van der Waals surface area contributed by atoms with E-state index >= 15 is 0 Å². The first-order valence-electron chi connectivity index (χ1n) is 4.86. The molecule has 2 atom stereocenters. The number of benzene rings is 1. The van der Waals surface area contributed by atoms with Gasteiger partial charge in [-0.25, -0.2) is 0 Å². The molecule has 1 fully saturated rings. The van der Waals surface area contributed by atoms with E-state index in [2.05, 4.69) is 5.32 Å². The standard InChI is InChI=1S/C11H14ClNO/c1-7-3-2-4-8(10(7)12)11-9(14)5-6-13-11/h2-4,9,11,13-14H,5-6H2,1H3/t9-,11-/m1/s1. The number of nitrogens with one attached hydrogen (secondary N) is 1. The second-order valence-electron chi connectivity index (χ2n) is 3.77. The molecule has 0 bridgehead atoms. The van der Waals surface area contributed by atoms with E-state index in [1.165, 1.54) is 0 Å². The molecule has 1 aliphatic rings. The molecule has 0 amide bonds. The predicted molar refractivity (Wildman–Crippen MR) is 57.6 cm³/mol. The minimum atomic E-state index is -0.311. The van der Waals surface area contributed by atoms with E-state index in [9.17, 15) is 5.11 Å². The molecule has 1 aromatic carbocycles. The van der Waals surface area contributed by atoms with Crippen LogP contribution in [0.1, 0.15) is 23.6 Å². The molecule has 1 aromatic rings. The predicted octanol–water partition coefficient (Wildman–Crippen LogP) is 2.04. The van der Waals surface area contributed by atoms with Crippen molar-refractivity contribution in [2.24, 2.45) is 0 Å². The van der Waals surface area contributed by atoms with Crippen molar-refractivity contribution in [3.8, 4) is 0 Å². The number of hydrogen-bond acceptors (Lipinski definition) is 2. The maximum Gasteiger partial charge on any atom is 0.0747 e. The summed E-state index contributed by atoms with van der Waals surface area (Å²) in [4.78, 5) is 0. The zero-order chi connectivity index (χ0) is 10.1. The highest BCUT2D eigenvalue weighted by Gasteiger charge is 2.27. The van der Waals surface area contributed by atoms with Gasteiger partial charge in [0.2, 0.25) is 0 Å². The Labute approximate surface area is 88.9 Å². The summed E-state index contributed by atoms with van der Waals surface area (Å²) in [6.07, 6.45) is 0.490. The molecular formula is C11H14ClNO. The molecule has 2 N–H and O–H groups in total. The number of hydrogen-bond donors (Lipinski definition) is 2. The zero-order valence-electron chi connectivity index (χ0n) is 8.13. The fourth-order valence-corrected chi connectivity index (χ4v) is 2.16. The summed E-state index contributed by atoms with van der Waals surface area (Å²) in [5, 5.41) is 13.8. The Kier molecular flexibility index (Phi) is 2.77. The van der Waals surface area contributed by atoms with Crippen molar-refractivity contribution in [1.82, 2.24) is 5.32 Å². The van der Waals surface area contributed by atoms with E-state index in [1.54, 1.807) is 0 Å². The Balaban J connectivity index is 2.36. The Hall–Kier alpha value is -0.570. The summed E-state index contributed by atoms with van der Waals surface area (Å²) in [5.74, 6) is 0. The van der Waals surface area contributed by atoms with Crippen LogP contribution >= 0.6 is 11.6 Å². The molecule has 2 rings (SSSR count). The maximum atomic E-state index is 9.74. The Morgan fingerprint density at radius 1 is 1.50 bits per heavy atom. The van der Waals surface area contributed by atoms with Gasteiger partial charge in [0.15, 0.2) is 0 Å². The average Bonchev–Trinajstić information content (AvgIpc) is 2.57. The van der Waals surface area contributed by atoms with E-state index in [-0.39, 0.29) is 12.1 Å². The third-order valence-electron chi connectivity index (χ3n) is 2.75. The minimum absolute atomic E-state index is 0.00222. The third kappa shape index (κ3) is 1.65.